The Kier molecular flexibility index (Phi) is 11.7. The Hall–Kier alpha value is -4.94. The van der Waals surface area contributed by atoms with E-state index in [-0.39, 0.29) is 37.3 Å². The first-order valence-corrected chi connectivity index (χ1v) is 17.2. The summed E-state index contributed by atoms with van der Waals surface area (Å²) in [6.07, 6.45) is -1.24. The fraction of sp³-hybridized carbons (Fsp3) is 0.262. The quantitative estimate of drug-likeness (QED) is 0.0807. The van der Waals surface area contributed by atoms with E-state index in [9.17, 15) is 31.9 Å². The zero-order valence-corrected chi connectivity index (χ0v) is 29.3. The van der Waals surface area contributed by atoms with Gasteiger partial charge < -0.3 is 19.9 Å². The molecule has 0 spiro atoms. The molecule has 276 valence electrons. The second kappa shape index (κ2) is 16.4. The van der Waals surface area contributed by atoms with Crippen molar-refractivity contribution >= 4 is 5.91 Å². The van der Waals surface area contributed by atoms with E-state index in [4.69, 9.17) is 9.47 Å². The van der Waals surface area contributed by atoms with Crippen molar-refractivity contribution in [2.75, 3.05) is 13.6 Å². The highest BCUT2D eigenvalue weighted by Gasteiger charge is 2.39. The summed E-state index contributed by atoms with van der Waals surface area (Å²) in [5.74, 6) is -12.6. The molecule has 5 atom stereocenters. The number of aliphatic hydroxyl groups is 1. The SMILES string of the molecule is C[C@@H]1[C@H](CN(C)[C@@H](C)c2ccccc2)O[C@H](c2ccc(-c3ccccc3CNC(=O)c3c(F)c(F)c(F)c(F)c3F)cc2)O[C@@H]1c1ccc(CO)cc1. The number of rotatable bonds is 11. The third-order valence-electron chi connectivity index (χ3n) is 9.92. The predicted molar refractivity (Wildman–Crippen MR) is 190 cm³/mol. The van der Waals surface area contributed by atoms with E-state index in [1.165, 1.54) is 5.56 Å². The number of carbonyl (C=O) groups excluding carboxylic acids is 1. The van der Waals surface area contributed by atoms with Crippen LogP contribution in [0.5, 0.6) is 0 Å². The average Bonchev–Trinajstić information content (AvgIpc) is 3.19. The standard InChI is InChI=1S/C42H39F5N2O4/c1-24-33(22-49(3)25(2)27-9-5-4-6-10-27)52-42(53-40(24)29-15-13-26(23-50)14-16-29)30-19-17-28(18-20-30)32-12-8-7-11-31(32)21-48-41(51)34-35(43)37(45)39(47)38(46)36(34)44/h4-20,24-25,33,40,42,50H,21-23H2,1-3H3,(H,48,51)/t24-,25+,33+,40+,42+/m1/s1. The molecule has 0 saturated carbocycles. The number of carbonyl (C=O) groups is 1. The minimum absolute atomic E-state index is 0.0251. The number of benzene rings is 5. The Morgan fingerprint density at radius 2 is 1.36 bits per heavy atom. The van der Waals surface area contributed by atoms with E-state index in [1.807, 2.05) is 66.7 Å². The smallest absolute Gasteiger partial charge is 0.257 e. The van der Waals surface area contributed by atoms with Crippen molar-refractivity contribution in [3.8, 4) is 11.1 Å². The van der Waals surface area contributed by atoms with Crippen LogP contribution in [-0.2, 0) is 22.6 Å². The third kappa shape index (κ3) is 8.03. The van der Waals surface area contributed by atoms with Crippen LogP contribution < -0.4 is 5.32 Å². The van der Waals surface area contributed by atoms with E-state index in [0.29, 0.717) is 17.7 Å². The molecule has 11 heteroatoms. The number of halogens is 5. The van der Waals surface area contributed by atoms with Crippen LogP contribution in [0.3, 0.4) is 0 Å². The van der Waals surface area contributed by atoms with Gasteiger partial charge in [0.2, 0.25) is 5.82 Å². The highest BCUT2D eigenvalue weighted by atomic mass is 19.2. The Labute approximate surface area is 304 Å². The van der Waals surface area contributed by atoms with Crippen molar-refractivity contribution in [1.29, 1.82) is 0 Å². The zero-order chi connectivity index (χ0) is 37.8. The summed E-state index contributed by atoms with van der Waals surface area (Å²) in [5.41, 5.74) is 4.12. The van der Waals surface area contributed by atoms with Crippen LogP contribution >= 0.6 is 0 Å². The Morgan fingerprint density at radius 1 is 0.774 bits per heavy atom. The molecule has 1 aliphatic rings. The summed E-state index contributed by atoms with van der Waals surface area (Å²) in [4.78, 5) is 14.9. The molecule has 1 amide bonds. The largest absolute Gasteiger partial charge is 0.392 e. The van der Waals surface area contributed by atoms with Gasteiger partial charge in [-0.15, -0.1) is 0 Å². The first-order valence-electron chi connectivity index (χ1n) is 17.2. The van der Waals surface area contributed by atoms with Crippen molar-refractivity contribution in [2.24, 2.45) is 5.92 Å². The fourth-order valence-corrected chi connectivity index (χ4v) is 6.60. The van der Waals surface area contributed by atoms with Crippen LogP contribution in [0.25, 0.3) is 11.1 Å². The molecule has 2 N–H and O–H groups in total. The number of aliphatic hydroxyl groups excluding tert-OH is 1. The maximum atomic E-state index is 14.3. The highest BCUT2D eigenvalue weighted by molar-refractivity contribution is 5.95. The molecule has 0 unspecified atom stereocenters. The normalized spacial score (nSPS) is 19.3. The van der Waals surface area contributed by atoms with Crippen LogP contribution in [0.4, 0.5) is 22.0 Å². The van der Waals surface area contributed by atoms with Crippen molar-refractivity contribution in [3.63, 3.8) is 0 Å². The maximum absolute atomic E-state index is 14.3. The number of amides is 1. The molecular weight excluding hydrogens is 691 g/mol. The van der Waals surface area contributed by atoms with E-state index >= 15 is 0 Å². The van der Waals surface area contributed by atoms with Gasteiger partial charge in [0.05, 0.1) is 18.8 Å². The van der Waals surface area contributed by atoms with E-state index in [2.05, 4.69) is 43.2 Å². The summed E-state index contributed by atoms with van der Waals surface area (Å²) in [5, 5.41) is 11.9. The molecule has 0 radical (unpaired) electrons. The lowest BCUT2D eigenvalue weighted by molar-refractivity contribution is -0.276. The Morgan fingerprint density at radius 3 is 2.00 bits per heavy atom. The zero-order valence-electron chi connectivity index (χ0n) is 29.3. The van der Waals surface area contributed by atoms with Gasteiger partial charge in [0.15, 0.2) is 29.6 Å². The number of hydrogen-bond donors (Lipinski definition) is 2. The van der Waals surface area contributed by atoms with Gasteiger partial charge in [-0.3, -0.25) is 9.69 Å². The summed E-state index contributed by atoms with van der Waals surface area (Å²) >= 11 is 0. The number of hydrogen-bond acceptors (Lipinski definition) is 5. The number of nitrogens with one attached hydrogen (secondary N) is 1. The van der Waals surface area contributed by atoms with Gasteiger partial charge in [0.25, 0.3) is 5.91 Å². The van der Waals surface area contributed by atoms with Crippen LogP contribution in [0.15, 0.2) is 103 Å². The van der Waals surface area contributed by atoms with Gasteiger partial charge in [0.1, 0.15) is 5.56 Å². The first-order chi connectivity index (χ1) is 25.5. The summed E-state index contributed by atoms with van der Waals surface area (Å²) in [6.45, 7) is 4.58. The maximum Gasteiger partial charge on any atom is 0.257 e. The van der Waals surface area contributed by atoms with Gasteiger partial charge in [-0.2, -0.15) is 0 Å². The van der Waals surface area contributed by atoms with E-state index < -0.39 is 46.8 Å². The molecule has 5 aromatic carbocycles. The average molecular weight is 731 g/mol. The van der Waals surface area contributed by atoms with Gasteiger partial charge >= 0.3 is 0 Å². The van der Waals surface area contributed by atoms with Crippen molar-refractivity contribution in [2.45, 2.75) is 51.5 Å². The second-order valence-corrected chi connectivity index (χ2v) is 13.3. The fourth-order valence-electron chi connectivity index (χ4n) is 6.60. The van der Waals surface area contributed by atoms with Gasteiger partial charge in [0, 0.05) is 30.6 Å². The molecule has 1 heterocycles. The second-order valence-electron chi connectivity index (χ2n) is 13.3. The number of likely N-dealkylation sites (N-methyl/N-ethyl adjacent to an activating group) is 1. The van der Waals surface area contributed by atoms with E-state index in [1.54, 1.807) is 24.3 Å². The molecule has 0 aliphatic carbocycles. The molecule has 1 fully saturated rings. The molecule has 1 aliphatic heterocycles. The molecule has 6 nitrogen and oxygen atoms in total. The highest BCUT2D eigenvalue weighted by Crippen LogP contribution is 2.42. The van der Waals surface area contributed by atoms with Gasteiger partial charge in [-0.05, 0) is 47.4 Å². The Bertz CT molecular complexity index is 2020. The van der Waals surface area contributed by atoms with Gasteiger partial charge in [-0.25, -0.2) is 22.0 Å². The first kappa shape index (κ1) is 37.8. The summed E-state index contributed by atoms with van der Waals surface area (Å²) in [7, 11) is 2.07. The monoisotopic (exact) mass is 730 g/mol. The van der Waals surface area contributed by atoms with Crippen LogP contribution in [-0.4, -0.2) is 35.6 Å². The third-order valence-corrected chi connectivity index (χ3v) is 9.92. The van der Waals surface area contributed by atoms with Crippen molar-refractivity contribution in [1.82, 2.24) is 10.2 Å². The van der Waals surface area contributed by atoms with Crippen molar-refractivity contribution in [3.05, 3.63) is 166 Å². The minimum atomic E-state index is -2.34. The Balaban J connectivity index is 1.23. The van der Waals surface area contributed by atoms with E-state index in [0.717, 1.165) is 22.3 Å². The van der Waals surface area contributed by atoms with Crippen LogP contribution in [0.2, 0.25) is 0 Å². The molecule has 0 aromatic heterocycles. The summed E-state index contributed by atoms with van der Waals surface area (Å²) < 4.78 is 82.8. The van der Waals surface area contributed by atoms with Crippen molar-refractivity contribution < 1.29 is 41.3 Å². The van der Waals surface area contributed by atoms with Gasteiger partial charge in [-0.1, -0.05) is 110 Å². The molecule has 5 aromatic rings. The molecule has 6 rings (SSSR count). The lowest BCUT2D eigenvalue weighted by Gasteiger charge is -2.43. The topological polar surface area (TPSA) is 71.0 Å². The predicted octanol–water partition coefficient (Wildman–Crippen LogP) is 8.96. The summed E-state index contributed by atoms with van der Waals surface area (Å²) in [6, 6.07) is 32.5. The molecule has 1 saturated heterocycles. The molecule has 0 bridgehead atoms. The minimum Gasteiger partial charge on any atom is -0.392 e. The number of ether oxygens (including phenoxy) is 2. The number of nitrogens with zero attached hydrogens (tertiary/aromatic N) is 1. The lowest BCUT2D eigenvalue weighted by Crippen LogP contribution is -2.44. The van der Waals surface area contributed by atoms with Crippen LogP contribution in [0.1, 0.15) is 70.5 Å². The lowest BCUT2D eigenvalue weighted by atomic mass is 9.89. The molecular formula is C42H39F5N2O4. The molecule has 53 heavy (non-hydrogen) atoms. The van der Waals surface area contributed by atoms with Crippen LogP contribution in [0, 0.1) is 35.0 Å².